The number of amides is 1. The van der Waals surface area contributed by atoms with Gasteiger partial charge in [-0.15, -0.1) is 0 Å². The summed E-state index contributed by atoms with van der Waals surface area (Å²) in [5.41, 5.74) is 2.70. The molecule has 2 heterocycles. The van der Waals surface area contributed by atoms with E-state index in [1.807, 2.05) is 97.6 Å². The van der Waals surface area contributed by atoms with Crippen LogP contribution in [0, 0.1) is 12.8 Å². The number of thiocarbonyl (C=S) groups is 1. The molecule has 0 spiro atoms. The number of ether oxygens (including phenoxy) is 1. The summed E-state index contributed by atoms with van der Waals surface area (Å²) in [6.45, 7) is 3.98. The Morgan fingerprint density at radius 3 is 2.45 bits per heavy atom. The number of para-hydroxylation sites is 2. The van der Waals surface area contributed by atoms with Gasteiger partial charge in [0.15, 0.2) is 10.8 Å². The average Bonchev–Trinajstić information content (AvgIpc) is 2.75. The lowest BCUT2D eigenvalue weighted by atomic mass is 9.78. The molecular weight excluding hydrogens is 406 g/mol. The van der Waals surface area contributed by atoms with E-state index in [2.05, 4.69) is 10.6 Å². The van der Waals surface area contributed by atoms with Crippen LogP contribution >= 0.6 is 12.2 Å². The quantitative estimate of drug-likeness (QED) is 0.586. The van der Waals surface area contributed by atoms with Crippen LogP contribution in [0.15, 0.2) is 78.9 Å². The molecule has 156 valence electrons. The van der Waals surface area contributed by atoms with Crippen LogP contribution in [0.3, 0.4) is 0 Å². The molecular formula is C25H23N3O2S. The Morgan fingerprint density at radius 1 is 1.03 bits per heavy atom. The molecule has 0 unspecified atom stereocenters. The highest BCUT2D eigenvalue weighted by atomic mass is 32.1. The molecule has 0 saturated carbocycles. The molecule has 3 atom stereocenters. The minimum absolute atomic E-state index is 0.125. The second kappa shape index (κ2) is 7.39. The molecule has 2 bridgehead atoms. The minimum Gasteiger partial charge on any atom is -0.467 e. The van der Waals surface area contributed by atoms with Crippen molar-refractivity contribution >= 4 is 34.6 Å². The summed E-state index contributed by atoms with van der Waals surface area (Å²) < 4.78 is 6.57. The fourth-order valence-corrected chi connectivity index (χ4v) is 4.97. The van der Waals surface area contributed by atoms with Crippen LogP contribution in [0.4, 0.5) is 11.4 Å². The van der Waals surface area contributed by atoms with Gasteiger partial charge in [0.2, 0.25) is 5.91 Å². The molecule has 2 aliphatic rings. The van der Waals surface area contributed by atoms with Crippen molar-refractivity contribution in [1.29, 1.82) is 0 Å². The third-order valence-corrected chi connectivity index (χ3v) is 6.32. The first-order valence-electron chi connectivity index (χ1n) is 10.3. The number of carbonyl (C=O) groups is 1. The molecule has 5 nitrogen and oxygen atoms in total. The molecule has 2 aliphatic heterocycles. The predicted octanol–water partition coefficient (Wildman–Crippen LogP) is 4.79. The average molecular weight is 430 g/mol. The van der Waals surface area contributed by atoms with Crippen LogP contribution in [0.25, 0.3) is 0 Å². The van der Waals surface area contributed by atoms with Crippen molar-refractivity contribution in [2.24, 2.45) is 5.92 Å². The van der Waals surface area contributed by atoms with Crippen LogP contribution in [0.5, 0.6) is 5.75 Å². The van der Waals surface area contributed by atoms with Gasteiger partial charge in [0.1, 0.15) is 11.7 Å². The van der Waals surface area contributed by atoms with Crippen molar-refractivity contribution in [3.05, 3.63) is 90.0 Å². The number of carbonyl (C=O) groups excluding carboxylic acids is 1. The normalized spacial score (nSPS) is 23.9. The number of nitrogens with zero attached hydrogens (tertiary/aromatic N) is 1. The van der Waals surface area contributed by atoms with Crippen molar-refractivity contribution in [2.75, 3.05) is 10.2 Å². The van der Waals surface area contributed by atoms with Gasteiger partial charge in [0.25, 0.3) is 0 Å². The molecule has 1 saturated heterocycles. The molecule has 6 heteroatoms. The molecule has 0 aliphatic carbocycles. The number of aryl methyl sites for hydroxylation is 1. The molecule has 0 radical (unpaired) electrons. The van der Waals surface area contributed by atoms with Gasteiger partial charge in [-0.3, -0.25) is 9.69 Å². The standard InChI is InChI=1S/C25H23N3O2S/c1-16-12-14-18(15-13-16)28-24(31)27-22-19-10-6-7-11-20(19)30-25(28,2)21(22)23(29)26-17-8-4-3-5-9-17/h3-15,21-22H,1-2H3,(H,26,29)(H,27,31)/t21-,22+,25+/m1/s1. The van der Waals surface area contributed by atoms with E-state index in [-0.39, 0.29) is 11.9 Å². The van der Waals surface area contributed by atoms with E-state index >= 15 is 0 Å². The van der Waals surface area contributed by atoms with Gasteiger partial charge in [0, 0.05) is 16.9 Å². The largest absolute Gasteiger partial charge is 0.467 e. The topological polar surface area (TPSA) is 53.6 Å². The summed E-state index contributed by atoms with van der Waals surface area (Å²) >= 11 is 5.77. The van der Waals surface area contributed by atoms with Gasteiger partial charge in [-0.1, -0.05) is 54.1 Å². The third kappa shape index (κ3) is 3.24. The number of rotatable bonds is 3. The highest BCUT2D eigenvalue weighted by Crippen LogP contribution is 2.49. The summed E-state index contributed by atoms with van der Waals surface area (Å²) in [6.07, 6.45) is 0. The number of benzene rings is 3. The number of hydrogen-bond acceptors (Lipinski definition) is 3. The van der Waals surface area contributed by atoms with E-state index < -0.39 is 11.6 Å². The predicted molar refractivity (Wildman–Crippen MR) is 126 cm³/mol. The lowest BCUT2D eigenvalue weighted by Crippen LogP contribution is -2.72. The van der Waals surface area contributed by atoms with Crippen molar-refractivity contribution in [2.45, 2.75) is 25.6 Å². The number of nitrogens with one attached hydrogen (secondary N) is 2. The highest BCUT2D eigenvalue weighted by molar-refractivity contribution is 7.80. The van der Waals surface area contributed by atoms with E-state index in [9.17, 15) is 4.79 Å². The van der Waals surface area contributed by atoms with Crippen LogP contribution in [0.2, 0.25) is 0 Å². The molecule has 2 N–H and O–H groups in total. The number of hydrogen-bond donors (Lipinski definition) is 2. The summed E-state index contributed by atoms with van der Waals surface area (Å²) in [6, 6.07) is 25.1. The zero-order chi connectivity index (χ0) is 21.6. The number of fused-ring (bicyclic) bond motifs is 4. The van der Waals surface area contributed by atoms with Crippen LogP contribution in [0.1, 0.15) is 24.1 Å². The van der Waals surface area contributed by atoms with Crippen molar-refractivity contribution < 1.29 is 9.53 Å². The molecule has 31 heavy (non-hydrogen) atoms. The fourth-order valence-electron chi connectivity index (χ4n) is 4.55. The Labute approximate surface area is 187 Å². The monoisotopic (exact) mass is 429 g/mol. The second-order valence-electron chi connectivity index (χ2n) is 8.13. The van der Waals surface area contributed by atoms with E-state index in [0.717, 1.165) is 28.3 Å². The smallest absolute Gasteiger partial charge is 0.236 e. The maximum atomic E-state index is 13.6. The molecule has 5 rings (SSSR count). The number of anilines is 2. The van der Waals surface area contributed by atoms with Gasteiger partial charge in [-0.25, -0.2) is 0 Å². The van der Waals surface area contributed by atoms with E-state index in [1.165, 1.54) is 0 Å². The first kappa shape index (κ1) is 19.6. The molecule has 1 amide bonds. The van der Waals surface area contributed by atoms with E-state index in [1.54, 1.807) is 0 Å². The zero-order valence-corrected chi connectivity index (χ0v) is 18.1. The zero-order valence-electron chi connectivity index (χ0n) is 17.3. The van der Waals surface area contributed by atoms with Crippen molar-refractivity contribution in [1.82, 2.24) is 5.32 Å². The van der Waals surface area contributed by atoms with Gasteiger partial charge in [-0.2, -0.15) is 0 Å². The Kier molecular flexibility index (Phi) is 4.67. The molecule has 1 fully saturated rings. The van der Waals surface area contributed by atoms with Gasteiger partial charge < -0.3 is 15.4 Å². The summed E-state index contributed by atoms with van der Waals surface area (Å²) in [7, 11) is 0. The van der Waals surface area contributed by atoms with Crippen molar-refractivity contribution in [3.8, 4) is 5.75 Å². The maximum Gasteiger partial charge on any atom is 0.236 e. The Hall–Kier alpha value is -3.38. The summed E-state index contributed by atoms with van der Waals surface area (Å²) in [5, 5.41) is 7.03. The summed E-state index contributed by atoms with van der Waals surface area (Å²) in [4.78, 5) is 15.6. The fraction of sp³-hybridized carbons (Fsp3) is 0.200. The third-order valence-electron chi connectivity index (χ3n) is 6.02. The lowest BCUT2D eigenvalue weighted by molar-refractivity contribution is -0.130. The summed E-state index contributed by atoms with van der Waals surface area (Å²) in [5.74, 6) is 0.0850. The van der Waals surface area contributed by atoms with Crippen molar-refractivity contribution in [3.63, 3.8) is 0 Å². The first-order chi connectivity index (χ1) is 15.0. The highest BCUT2D eigenvalue weighted by Gasteiger charge is 2.59. The lowest BCUT2D eigenvalue weighted by Gasteiger charge is -2.56. The minimum atomic E-state index is -1.00. The Balaban J connectivity index is 1.62. The molecule has 3 aromatic rings. The van der Waals surface area contributed by atoms with Crippen LogP contribution in [-0.2, 0) is 4.79 Å². The van der Waals surface area contributed by atoms with E-state index in [4.69, 9.17) is 17.0 Å². The van der Waals surface area contributed by atoms with E-state index in [0.29, 0.717) is 5.11 Å². The Morgan fingerprint density at radius 2 is 1.71 bits per heavy atom. The second-order valence-corrected chi connectivity index (χ2v) is 8.51. The van der Waals surface area contributed by atoms with Gasteiger partial charge >= 0.3 is 0 Å². The van der Waals surface area contributed by atoms with Gasteiger partial charge in [0.05, 0.1) is 6.04 Å². The van der Waals surface area contributed by atoms with Crippen LogP contribution in [-0.4, -0.2) is 16.7 Å². The maximum absolute atomic E-state index is 13.6. The SMILES string of the molecule is Cc1ccc(N2C(=S)N[C@H]3c4ccccc4O[C@@]2(C)[C@H]3C(=O)Nc2ccccc2)cc1. The van der Waals surface area contributed by atoms with Crippen LogP contribution < -0.4 is 20.3 Å². The molecule has 3 aromatic carbocycles. The van der Waals surface area contributed by atoms with Gasteiger partial charge in [-0.05, 0) is 56.4 Å². The molecule has 0 aromatic heterocycles. The first-order valence-corrected chi connectivity index (χ1v) is 10.7. The Bertz CT molecular complexity index is 1150.